The number of rotatable bonds is 4. The molecule has 2 rings (SSSR count). The maximum Gasteiger partial charge on any atom is 0.251 e. The summed E-state index contributed by atoms with van der Waals surface area (Å²) in [5.41, 5.74) is 1.30. The fraction of sp³-hybridized carbons (Fsp3) is 0.533. The molecule has 1 saturated heterocycles. The van der Waals surface area contributed by atoms with Gasteiger partial charge in [-0.1, -0.05) is 6.92 Å². The lowest BCUT2D eigenvalue weighted by Crippen LogP contribution is -2.32. The minimum absolute atomic E-state index is 0.0927. The molecule has 1 heterocycles. The van der Waals surface area contributed by atoms with E-state index in [1.807, 2.05) is 0 Å². The Bertz CT molecular complexity index is 459. The Balaban J connectivity index is 1.92. The van der Waals surface area contributed by atoms with Gasteiger partial charge in [-0.2, -0.15) is 0 Å². The minimum Gasteiger partial charge on any atom is -0.508 e. The van der Waals surface area contributed by atoms with E-state index in [-0.39, 0.29) is 17.8 Å². The van der Waals surface area contributed by atoms with E-state index < -0.39 is 0 Å². The van der Waals surface area contributed by atoms with Gasteiger partial charge in [-0.25, -0.2) is 0 Å². The zero-order valence-electron chi connectivity index (χ0n) is 11.5. The molecule has 104 valence electrons. The molecular formula is C15H21NO3. The zero-order chi connectivity index (χ0) is 13.8. The van der Waals surface area contributed by atoms with Gasteiger partial charge in [0.2, 0.25) is 0 Å². The van der Waals surface area contributed by atoms with Gasteiger partial charge in [-0.15, -0.1) is 0 Å². The fourth-order valence-corrected chi connectivity index (χ4v) is 2.50. The molecule has 0 radical (unpaired) electrons. The topological polar surface area (TPSA) is 58.6 Å². The Morgan fingerprint density at radius 3 is 3.00 bits per heavy atom. The highest BCUT2D eigenvalue weighted by molar-refractivity contribution is 5.94. The third-order valence-corrected chi connectivity index (χ3v) is 3.73. The number of aromatic hydroxyl groups is 1. The minimum atomic E-state index is -0.0927. The summed E-state index contributed by atoms with van der Waals surface area (Å²) in [4.78, 5) is 12.0. The first kappa shape index (κ1) is 13.9. The summed E-state index contributed by atoms with van der Waals surface area (Å²) in [6, 6.07) is 4.89. The van der Waals surface area contributed by atoms with E-state index in [4.69, 9.17) is 4.74 Å². The van der Waals surface area contributed by atoms with Gasteiger partial charge in [0.05, 0.1) is 6.10 Å². The predicted octanol–water partition coefficient (Wildman–Crippen LogP) is 2.25. The number of phenolic OH excluding ortho intramolecular Hbond substituents is 1. The number of carbonyl (C=O) groups is 1. The van der Waals surface area contributed by atoms with Crippen LogP contribution in [-0.2, 0) is 4.74 Å². The van der Waals surface area contributed by atoms with E-state index in [0.717, 1.165) is 19.4 Å². The molecule has 2 unspecified atom stereocenters. The maximum absolute atomic E-state index is 12.0. The van der Waals surface area contributed by atoms with Crippen molar-refractivity contribution in [3.63, 3.8) is 0 Å². The number of aryl methyl sites for hydroxylation is 1. The molecule has 4 heteroatoms. The van der Waals surface area contributed by atoms with Crippen molar-refractivity contribution in [3.05, 3.63) is 29.3 Å². The van der Waals surface area contributed by atoms with Gasteiger partial charge in [-0.05, 0) is 43.5 Å². The molecule has 1 aliphatic heterocycles. The van der Waals surface area contributed by atoms with Crippen molar-refractivity contribution in [3.8, 4) is 5.75 Å². The van der Waals surface area contributed by atoms with Crippen LogP contribution in [0, 0.1) is 12.8 Å². The molecule has 19 heavy (non-hydrogen) atoms. The summed E-state index contributed by atoms with van der Waals surface area (Å²) >= 11 is 0. The van der Waals surface area contributed by atoms with Crippen LogP contribution in [-0.4, -0.2) is 30.3 Å². The number of ether oxygens (including phenoxy) is 1. The molecule has 1 aliphatic rings. The number of hydrogen-bond donors (Lipinski definition) is 2. The second-order valence-corrected chi connectivity index (χ2v) is 5.08. The average Bonchev–Trinajstić information content (AvgIpc) is 2.86. The number of nitrogens with one attached hydrogen (secondary N) is 1. The van der Waals surface area contributed by atoms with Crippen LogP contribution in [0.1, 0.15) is 35.7 Å². The summed E-state index contributed by atoms with van der Waals surface area (Å²) in [6.07, 6.45) is 2.26. The molecule has 0 aromatic heterocycles. The molecule has 1 fully saturated rings. The van der Waals surface area contributed by atoms with Crippen molar-refractivity contribution in [1.29, 1.82) is 0 Å². The molecule has 2 N–H and O–H groups in total. The van der Waals surface area contributed by atoms with E-state index in [0.29, 0.717) is 23.6 Å². The molecule has 4 nitrogen and oxygen atoms in total. The molecule has 1 aromatic carbocycles. The molecule has 2 atom stereocenters. The first-order valence-electron chi connectivity index (χ1n) is 6.81. The van der Waals surface area contributed by atoms with E-state index in [1.54, 1.807) is 25.1 Å². The SMILES string of the molecule is CCC1OCCC1CNC(=O)c1ccc(O)c(C)c1. The second-order valence-electron chi connectivity index (χ2n) is 5.08. The third kappa shape index (κ3) is 3.26. The Hall–Kier alpha value is -1.55. The van der Waals surface area contributed by atoms with Crippen LogP contribution in [0.4, 0.5) is 0 Å². The first-order chi connectivity index (χ1) is 9.11. The lowest BCUT2D eigenvalue weighted by Gasteiger charge is -2.17. The van der Waals surface area contributed by atoms with E-state index >= 15 is 0 Å². The highest BCUT2D eigenvalue weighted by Crippen LogP contribution is 2.23. The predicted molar refractivity (Wildman–Crippen MR) is 73.3 cm³/mol. The smallest absolute Gasteiger partial charge is 0.251 e. The van der Waals surface area contributed by atoms with Crippen LogP contribution in [0.5, 0.6) is 5.75 Å². The van der Waals surface area contributed by atoms with E-state index in [1.165, 1.54) is 0 Å². The highest BCUT2D eigenvalue weighted by atomic mass is 16.5. The van der Waals surface area contributed by atoms with Gasteiger partial charge in [-0.3, -0.25) is 4.79 Å². The Kier molecular flexibility index (Phi) is 4.43. The van der Waals surface area contributed by atoms with Crippen molar-refractivity contribution in [1.82, 2.24) is 5.32 Å². The highest BCUT2D eigenvalue weighted by Gasteiger charge is 2.26. The third-order valence-electron chi connectivity index (χ3n) is 3.73. The Labute approximate surface area is 113 Å². The molecular weight excluding hydrogens is 242 g/mol. The zero-order valence-corrected chi connectivity index (χ0v) is 11.5. The average molecular weight is 263 g/mol. The van der Waals surface area contributed by atoms with Crippen molar-refractivity contribution < 1.29 is 14.6 Å². The van der Waals surface area contributed by atoms with Gasteiger partial charge in [0.15, 0.2) is 0 Å². The molecule has 1 amide bonds. The largest absolute Gasteiger partial charge is 0.508 e. The summed E-state index contributed by atoms with van der Waals surface area (Å²) in [6.45, 7) is 5.33. The van der Waals surface area contributed by atoms with Crippen LogP contribution in [0.15, 0.2) is 18.2 Å². The molecule has 1 aromatic rings. The number of phenols is 1. The Morgan fingerprint density at radius 2 is 2.32 bits per heavy atom. The molecule has 0 aliphatic carbocycles. The van der Waals surface area contributed by atoms with Gasteiger partial charge in [0.25, 0.3) is 5.91 Å². The fourth-order valence-electron chi connectivity index (χ4n) is 2.50. The number of amides is 1. The quantitative estimate of drug-likeness (QED) is 0.876. The van der Waals surface area contributed by atoms with Crippen molar-refractivity contribution in [2.24, 2.45) is 5.92 Å². The summed E-state index contributed by atoms with van der Waals surface area (Å²) < 4.78 is 5.60. The molecule has 0 bridgehead atoms. The van der Waals surface area contributed by atoms with Gasteiger partial charge in [0.1, 0.15) is 5.75 Å². The van der Waals surface area contributed by atoms with E-state index in [9.17, 15) is 9.90 Å². The van der Waals surface area contributed by atoms with Crippen LogP contribution in [0.2, 0.25) is 0 Å². The summed E-state index contributed by atoms with van der Waals surface area (Å²) in [5, 5.41) is 12.4. The summed E-state index contributed by atoms with van der Waals surface area (Å²) in [7, 11) is 0. The number of carbonyl (C=O) groups excluding carboxylic acids is 1. The normalized spacial score (nSPS) is 22.4. The standard InChI is InChI=1S/C15H21NO3/c1-3-14-12(6-7-19-14)9-16-15(18)11-4-5-13(17)10(2)8-11/h4-5,8,12,14,17H,3,6-7,9H2,1-2H3,(H,16,18). The lowest BCUT2D eigenvalue weighted by atomic mass is 9.99. The van der Waals surface area contributed by atoms with Crippen molar-refractivity contribution >= 4 is 5.91 Å². The van der Waals surface area contributed by atoms with Crippen molar-refractivity contribution in [2.45, 2.75) is 32.8 Å². The first-order valence-corrected chi connectivity index (χ1v) is 6.81. The number of hydrogen-bond acceptors (Lipinski definition) is 3. The maximum atomic E-state index is 12.0. The summed E-state index contributed by atoms with van der Waals surface area (Å²) in [5.74, 6) is 0.531. The molecule has 0 saturated carbocycles. The second kappa shape index (κ2) is 6.06. The van der Waals surface area contributed by atoms with Gasteiger partial charge < -0.3 is 15.2 Å². The molecule has 0 spiro atoms. The van der Waals surface area contributed by atoms with Gasteiger partial charge in [0, 0.05) is 24.6 Å². The van der Waals surface area contributed by atoms with Crippen LogP contribution in [0.25, 0.3) is 0 Å². The van der Waals surface area contributed by atoms with Crippen LogP contribution < -0.4 is 5.32 Å². The Morgan fingerprint density at radius 1 is 1.53 bits per heavy atom. The van der Waals surface area contributed by atoms with Crippen LogP contribution >= 0.6 is 0 Å². The van der Waals surface area contributed by atoms with Crippen molar-refractivity contribution in [2.75, 3.05) is 13.2 Å². The van der Waals surface area contributed by atoms with Crippen LogP contribution in [0.3, 0.4) is 0 Å². The lowest BCUT2D eigenvalue weighted by molar-refractivity contribution is 0.0827. The monoisotopic (exact) mass is 263 g/mol. The van der Waals surface area contributed by atoms with E-state index in [2.05, 4.69) is 12.2 Å². The number of benzene rings is 1. The van der Waals surface area contributed by atoms with Gasteiger partial charge >= 0.3 is 0 Å².